The third-order valence-electron chi connectivity index (χ3n) is 5.78. The number of aromatic nitrogens is 3. The number of thioether (sulfide) groups is 1. The maximum absolute atomic E-state index is 12.9. The van der Waals surface area contributed by atoms with Crippen molar-refractivity contribution in [2.24, 2.45) is 0 Å². The number of hydrogen-bond donors (Lipinski definition) is 1. The Balaban J connectivity index is 1.50. The highest BCUT2D eigenvalue weighted by Crippen LogP contribution is 2.29. The smallest absolute Gasteiger partial charge is 0.232 e. The number of carbonyl (C=O) groups is 2. The number of ketones is 1. The summed E-state index contributed by atoms with van der Waals surface area (Å²) in [6.07, 6.45) is 2.30. The molecule has 3 aromatic rings. The molecule has 0 spiro atoms. The van der Waals surface area contributed by atoms with Crippen LogP contribution in [0.1, 0.15) is 54.2 Å². The van der Waals surface area contributed by atoms with Gasteiger partial charge in [0.25, 0.3) is 0 Å². The Morgan fingerprint density at radius 3 is 2.33 bits per heavy atom. The Bertz CT molecular complexity index is 1120. The number of rotatable bonds is 8. The molecule has 1 aromatic heterocycles. The molecular formula is C25H29N5O2S. The standard InChI is InChI=1S/C25H29N5O2S/c1-17-6-12-22(13-7-17)30-24(29-14-4-5-15-29)27-28-25(30)33-16-23(32)21-10-8-20(9-11-21)18(2)26-19(3)31/h6-13,18H,4-5,14-16H2,1-3H3,(H,26,31). The van der Waals surface area contributed by atoms with Gasteiger partial charge in [-0.15, -0.1) is 10.2 Å². The largest absolute Gasteiger partial charge is 0.350 e. The molecule has 1 fully saturated rings. The molecule has 172 valence electrons. The lowest BCUT2D eigenvalue weighted by atomic mass is 10.0. The molecule has 2 aromatic carbocycles. The van der Waals surface area contributed by atoms with E-state index in [4.69, 9.17) is 0 Å². The summed E-state index contributed by atoms with van der Waals surface area (Å²) in [4.78, 5) is 26.4. The monoisotopic (exact) mass is 463 g/mol. The summed E-state index contributed by atoms with van der Waals surface area (Å²) in [6, 6.07) is 15.6. The van der Waals surface area contributed by atoms with Crippen LogP contribution in [-0.4, -0.2) is 45.3 Å². The molecule has 0 saturated carbocycles. The lowest BCUT2D eigenvalue weighted by Crippen LogP contribution is -2.23. The van der Waals surface area contributed by atoms with Crippen LogP contribution in [0.4, 0.5) is 5.95 Å². The summed E-state index contributed by atoms with van der Waals surface area (Å²) in [7, 11) is 0. The molecule has 8 heteroatoms. The summed E-state index contributed by atoms with van der Waals surface area (Å²) >= 11 is 1.40. The van der Waals surface area contributed by atoms with Gasteiger partial charge in [-0.2, -0.15) is 0 Å². The number of carbonyl (C=O) groups excluding carboxylic acids is 2. The quantitative estimate of drug-likeness (QED) is 0.395. The zero-order chi connectivity index (χ0) is 23.4. The van der Waals surface area contributed by atoms with Crippen LogP contribution in [0.2, 0.25) is 0 Å². The third-order valence-corrected chi connectivity index (χ3v) is 6.71. The molecule has 33 heavy (non-hydrogen) atoms. The van der Waals surface area contributed by atoms with Crippen molar-refractivity contribution in [1.29, 1.82) is 0 Å². The van der Waals surface area contributed by atoms with E-state index in [1.807, 2.05) is 31.2 Å². The number of anilines is 1. The van der Waals surface area contributed by atoms with Crippen molar-refractivity contribution in [3.63, 3.8) is 0 Å². The minimum Gasteiger partial charge on any atom is -0.350 e. The van der Waals surface area contributed by atoms with Crippen LogP contribution < -0.4 is 10.2 Å². The van der Waals surface area contributed by atoms with Crippen LogP contribution >= 0.6 is 11.8 Å². The molecule has 7 nitrogen and oxygen atoms in total. The maximum Gasteiger partial charge on any atom is 0.232 e. The first-order valence-electron chi connectivity index (χ1n) is 11.2. The Morgan fingerprint density at radius 2 is 1.70 bits per heavy atom. The number of nitrogens with zero attached hydrogens (tertiary/aromatic N) is 4. The molecule has 1 N–H and O–H groups in total. The van der Waals surface area contributed by atoms with Gasteiger partial charge in [-0.25, -0.2) is 0 Å². The summed E-state index contributed by atoms with van der Waals surface area (Å²) < 4.78 is 2.06. The van der Waals surface area contributed by atoms with E-state index >= 15 is 0 Å². The van der Waals surface area contributed by atoms with Crippen molar-refractivity contribution in [3.05, 3.63) is 65.2 Å². The fourth-order valence-corrected chi connectivity index (χ4v) is 4.80. The van der Waals surface area contributed by atoms with Crippen LogP contribution in [0, 0.1) is 6.92 Å². The molecule has 0 aliphatic carbocycles. The van der Waals surface area contributed by atoms with Crippen molar-refractivity contribution in [3.8, 4) is 5.69 Å². The molecule has 0 radical (unpaired) electrons. The summed E-state index contributed by atoms with van der Waals surface area (Å²) in [5, 5.41) is 12.5. The van der Waals surface area contributed by atoms with Crippen molar-refractivity contribution in [1.82, 2.24) is 20.1 Å². The number of amides is 1. The van der Waals surface area contributed by atoms with Gasteiger partial charge in [-0.1, -0.05) is 53.7 Å². The van der Waals surface area contributed by atoms with Gasteiger partial charge in [0, 0.05) is 25.6 Å². The Labute approximate surface area is 198 Å². The number of nitrogens with one attached hydrogen (secondary N) is 1. The van der Waals surface area contributed by atoms with E-state index in [1.54, 1.807) is 0 Å². The highest BCUT2D eigenvalue weighted by Gasteiger charge is 2.23. The second-order valence-corrected chi connectivity index (χ2v) is 9.35. The Hall–Kier alpha value is -3.13. The van der Waals surface area contributed by atoms with Gasteiger partial charge in [-0.05, 0) is 44.4 Å². The average molecular weight is 464 g/mol. The van der Waals surface area contributed by atoms with Crippen molar-refractivity contribution < 1.29 is 9.59 Å². The topological polar surface area (TPSA) is 80.1 Å². The molecule has 1 atom stereocenters. The zero-order valence-electron chi connectivity index (χ0n) is 19.2. The number of hydrogen-bond acceptors (Lipinski definition) is 6. The number of aryl methyl sites for hydroxylation is 1. The van der Waals surface area contributed by atoms with Crippen LogP contribution in [0.5, 0.6) is 0 Å². The molecule has 1 amide bonds. The minimum absolute atomic E-state index is 0.0277. The predicted octanol–water partition coefficient (Wildman–Crippen LogP) is 4.35. The fraction of sp³-hybridized carbons (Fsp3) is 0.360. The third kappa shape index (κ3) is 5.45. The molecule has 1 saturated heterocycles. The van der Waals surface area contributed by atoms with Crippen LogP contribution in [-0.2, 0) is 4.79 Å². The SMILES string of the molecule is CC(=O)NC(C)c1ccc(C(=O)CSc2nnc(N3CCCC3)n2-c2ccc(C)cc2)cc1. The van der Waals surface area contributed by atoms with Gasteiger partial charge in [0.1, 0.15) is 0 Å². The number of Topliss-reactive ketones (excluding diaryl/α,β-unsaturated/α-hetero) is 1. The van der Waals surface area contributed by atoms with Crippen molar-refractivity contribution >= 4 is 29.4 Å². The normalized spacial score (nSPS) is 14.3. The van der Waals surface area contributed by atoms with E-state index < -0.39 is 0 Å². The van der Waals surface area contributed by atoms with E-state index in [0.717, 1.165) is 43.1 Å². The predicted molar refractivity (Wildman–Crippen MR) is 131 cm³/mol. The molecule has 2 heterocycles. The fourth-order valence-electron chi connectivity index (χ4n) is 3.96. The van der Waals surface area contributed by atoms with Gasteiger partial charge in [0.15, 0.2) is 10.9 Å². The lowest BCUT2D eigenvalue weighted by molar-refractivity contribution is -0.119. The summed E-state index contributed by atoms with van der Waals surface area (Å²) in [6.45, 7) is 7.42. The molecule has 4 rings (SSSR count). The van der Waals surface area contributed by atoms with Gasteiger partial charge < -0.3 is 10.2 Å². The Morgan fingerprint density at radius 1 is 1.03 bits per heavy atom. The van der Waals surface area contributed by atoms with E-state index in [0.29, 0.717) is 10.7 Å². The highest BCUT2D eigenvalue weighted by molar-refractivity contribution is 7.99. The first-order chi connectivity index (χ1) is 15.9. The zero-order valence-corrected chi connectivity index (χ0v) is 20.1. The van der Waals surface area contributed by atoms with E-state index in [-0.39, 0.29) is 23.5 Å². The van der Waals surface area contributed by atoms with Crippen LogP contribution in [0.15, 0.2) is 53.7 Å². The molecular weight excluding hydrogens is 434 g/mol. The minimum atomic E-state index is -0.0990. The first kappa shape index (κ1) is 23.0. The van der Waals surface area contributed by atoms with Gasteiger partial charge in [0.2, 0.25) is 11.9 Å². The van der Waals surface area contributed by atoms with Crippen LogP contribution in [0.25, 0.3) is 5.69 Å². The van der Waals surface area contributed by atoms with Crippen molar-refractivity contribution in [2.75, 3.05) is 23.7 Å². The van der Waals surface area contributed by atoms with E-state index in [2.05, 4.69) is 56.2 Å². The average Bonchev–Trinajstić information content (AvgIpc) is 3.47. The van der Waals surface area contributed by atoms with E-state index in [1.165, 1.54) is 24.2 Å². The van der Waals surface area contributed by atoms with E-state index in [9.17, 15) is 9.59 Å². The highest BCUT2D eigenvalue weighted by atomic mass is 32.2. The van der Waals surface area contributed by atoms with Gasteiger partial charge in [-0.3, -0.25) is 14.2 Å². The molecule has 1 aliphatic rings. The van der Waals surface area contributed by atoms with Gasteiger partial charge in [0.05, 0.1) is 17.5 Å². The van der Waals surface area contributed by atoms with Crippen LogP contribution in [0.3, 0.4) is 0 Å². The molecule has 0 bridgehead atoms. The molecule has 1 aliphatic heterocycles. The second kappa shape index (κ2) is 10.2. The van der Waals surface area contributed by atoms with Gasteiger partial charge >= 0.3 is 0 Å². The van der Waals surface area contributed by atoms with Crippen molar-refractivity contribution in [2.45, 2.75) is 44.8 Å². The summed E-state index contributed by atoms with van der Waals surface area (Å²) in [5.41, 5.74) is 3.79. The maximum atomic E-state index is 12.9. The summed E-state index contributed by atoms with van der Waals surface area (Å²) in [5.74, 6) is 1.05. The lowest BCUT2D eigenvalue weighted by Gasteiger charge is -2.18. The molecule has 1 unspecified atom stereocenters. The number of benzene rings is 2. The first-order valence-corrected chi connectivity index (χ1v) is 12.2. The second-order valence-electron chi connectivity index (χ2n) is 8.40. The Kier molecular flexibility index (Phi) is 7.13.